The Bertz CT molecular complexity index is 437. The third-order valence-electron chi connectivity index (χ3n) is 2.55. The van der Waals surface area contributed by atoms with E-state index in [1.165, 1.54) is 20.1 Å². The number of hydrogen-bond donors (Lipinski definition) is 0. The molecule has 0 spiro atoms. The van der Waals surface area contributed by atoms with Crippen molar-refractivity contribution in [3.8, 4) is 5.75 Å². The summed E-state index contributed by atoms with van der Waals surface area (Å²) in [6.07, 6.45) is 1.92. The Morgan fingerprint density at radius 1 is 1.28 bits per heavy atom. The Kier molecular flexibility index (Phi) is 5.36. The molecule has 0 heterocycles. The van der Waals surface area contributed by atoms with Crippen molar-refractivity contribution in [3.63, 3.8) is 0 Å². The monoisotopic (exact) mass is 250 g/mol. The third kappa shape index (κ3) is 3.58. The van der Waals surface area contributed by atoms with Crippen LogP contribution in [0.1, 0.15) is 47.4 Å². The molecule has 0 bridgehead atoms. The maximum absolute atomic E-state index is 11.6. The number of methoxy groups -OCH3 is 1. The molecule has 1 rings (SSSR count). The molecular weight excluding hydrogens is 232 g/mol. The second-order valence-electron chi connectivity index (χ2n) is 3.96. The van der Waals surface area contributed by atoms with Gasteiger partial charge in [0.25, 0.3) is 0 Å². The first kappa shape index (κ1) is 14.2. The lowest BCUT2D eigenvalue weighted by Gasteiger charge is -2.10. The number of ketones is 1. The highest BCUT2D eigenvalue weighted by Gasteiger charge is 2.15. The molecule has 0 aliphatic carbocycles. The minimum Gasteiger partial charge on any atom is -0.493 e. The van der Waals surface area contributed by atoms with E-state index in [9.17, 15) is 9.59 Å². The van der Waals surface area contributed by atoms with Crippen molar-refractivity contribution in [1.82, 2.24) is 0 Å². The largest absolute Gasteiger partial charge is 0.493 e. The lowest BCUT2D eigenvalue weighted by atomic mass is 10.1. The molecule has 0 aliphatic heterocycles. The molecule has 0 saturated carbocycles. The molecular formula is C14H18O4. The quantitative estimate of drug-likeness (QED) is 0.442. The summed E-state index contributed by atoms with van der Waals surface area (Å²) < 4.78 is 10.2. The predicted molar refractivity (Wildman–Crippen MR) is 68.2 cm³/mol. The van der Waals surface area contributed by atoms with Crippen molar-refractivity contribution in [1.29, 1.82) is 0 Å². The fourth-order valence-corrected chi connectivity index (χ4v) is 1.47. The van der Waals surface area contributed by atoms with Gasteiger partial charge in [0.2, 0.25) is 0 Å². The van der Waals surface area contributed by atoms with Crippen LogP contribution in [-0.2, 0) is 4.74 Å². The topological polar surface area (TPSA) is 52.6 Å². The average Bonchev–Trinajstić information content (AvgIpc) is 2.38. The molecule has 18 heavy (non-hydrogen) atoms. The number of carbonyl (C=O) groups excluding carboxylic acids is 2. The summed E-state index contributed by atoms with van der Waals surface area (Å²) in [5.74, 6) is -0.134. The van der Waals surface area contributed by atoms with Crippen molar-refractivity contribution >= 4 is 11.8 Å². The molecule has 0 N–H and O–H groups in total. The first-order chi connectivity index (χ1) is 8.60. The lowest BCUT2D eigenvalue weighted by Crippen LogP contribution is -2.08. The highest BCUT2D eigenvalue weighted by Crippen LogP contribution is 2.22. The average molecular weight is 250 g/mol. The zero-order chi connectivity index (χ0) is 13.5. The molecule has 0 amide bonds. The molecule has 0 saturated heterocycles. The molecule has 0 radical (unpaired) electrons. The zero-order valence-corrected chi connectivity index (χ0v) is 11.0. The van der Waals surface area contributed by atoms with E-state index in [4.69, 9.17) is 4.74 Å². The van der Waals surface area contributed by atoms with Crippen LogP contribution in [0, 0.1) is 0 Å². The summed E-state index contributed by atoms with van der Waals surface area (Å²) in [6.45, 7) is 4.05. The third-order valence-corrected chi connectivity index (χ3v) is 2.55. The van der Waals surface area contributed by atoms with Crippen LogP contribution in [0.5, 0.6) is 5.75 Å². The zero-order valence-electron chi connectivity index (χ0n) is 11.0. The van der Waals surface area contributed by atoms with Gasteiger partial charge in [-0.1, -0.05) is 13.3 Å². The molecule has 4 nitrogen and oxygen atoms in total. The van der Waals surface area contributed by atoms with E-state index in [1.54, 1.807) is 12.1 Å². The van der Waals surface area contributed by atoms with E-state index in [0.717, 1.165) is 12.8 Å². The number of rotatable bonds is 6. The van der Waals surface area contributed by atoms with Crippen molar-refractivity contribution in [3.05, 3.63) is 29.3 Å². The number of hydrogen-bond acceptors (Lipinski definition) is 4. The van der Waals surface area contributed by atoms with Crippen LogP contribution in [-0.4, -0.2) is 25.5 Å². The maximum atomic E-state index is 11.6. The predicted octanol–water partition coefficient (Wildman–Crippen LogP) is 2.85. The van der Waals surface area contributed by atoms with Gasteiger partial charge in [-0.05, 0) is 31.5 Å². The van der Waals surface area contributed by atoms with E-state index in [-0.39, 0.29) is 5.78 Å². The van der Waals surface area contributed by atoms with Gasteiger partial charge in [-0.25, -0.2) is 4.79 Å². The molecule has 0 atom stereocenters. The second-order valence-corrected chi connectivity index (χ2v) is 3.96. The highest BCUT2D eigenvalue weighted by atomic mass is 16.5. The Balaban J connectivity index is 3.01. The molecule has 4 heteroatoms. The van der Waals surface area contributed by atoms with E-state index < -0.39 is 5.97 Å². The van der Waals surface area contributed by atoms with E-state index >= 15 is 0 Å². The maximum Gasteiger partial charge on any atom is 0.341 e. The van der Waals surface area contributed by atoms with Crippen molar-refractivity contribution in [2.24, 2.45) is 0 Å². The molecule has 98 valence electrons. The standard InChI is InChI=1S/C14H18O4/c1-4-5-8-18-13-7-6-11(10(2)15)9-12(13)14(16)17-3/h6-7,9H,4-5,8H2,1-3H3. The molecule has 0 unspecified atom stereocenters. The number of carbonyl (C=O) groups is 2. The van der Waals surface area contributed by atoms with Gasteiger partial charge in [0, 0.05) is 5.56 Å². The van der Waals surface area contributed by atoms with Gasteiger partial charge in [-0.3, -0.25) is 4.79 Å². The number of benzene rings is 1. The highest BCUT2D eigenvalue weighted by molar-refractivity contribution is 5.99. The summed E-state index contributed by atoms with van der Waals surface area (Å²) in [5.41, 5.74) is 0.763. The van der Waals surface area contributed by atoms with Gasteiger partial charge in [0.15, 0.2) is 5.78 Å². The first-order valence-electron chi connectivity index (χ1n) is 5.96. The minimum atomic E-state index is -0.496. The fraction of sp³-hybridized carbons (Fsp3) is 0.429. The number of esters is 1. The lowest BCUT2D eigenvalue weighted by molar-refractivity contribution is 0.0596. The van der Waals surface area contributed by atoms with Gasteiger partial charge < -0.3 is 9.47 Å². The summed E-state index contributed by atoms with van der Waals surface area (Å²) in [5, 5.41) is 0. The minimum absolute atomic E-state index is 0.0970. The summed E-state index contributed by atoms with van der Waals surface area (Å²) in [7, 11) is 1.30. The van der Waals surface area contributed by atoms with Crippen LogP contribution in [0.15, 0.2) is 18.2 Å². The Morgan fingerprint density at radius 3 is 2.56 bits per heavy atom. The molecule has 0 fully saturated rings. The van der Waals surface area contributed by atoms with Gasteiger partial charge in [-0.2, -0.15) is 0 Å². The molecule has 1 aromatic carbocycles. The second kappa shape index (κ2) is 6.79. The van der Waals surface area contributed by atoms with E-state index in [2.05, 4.69) is 11.7 Å². The summed E-state index contributed by atoms with van der Waals surface area (Å²) >= 11 is 0. The summed E-state index contributed by atoms with van der Waals surface area (Å²) in [4.78, 5) is 22.9. The van der Waals surface area contributed by atoms with Gasteiger partial charge in [-0.15, -0.1) is 0 Å². The fourth-order valence-electron chi connectivity index (χ4n) is 1.47. The normalized spacial score (nSPS) is 9.94. The first-order valence-corrected chi connectivity index (χ1v) is 5.96. The van der Waals surface area contributed by atoms with Crippen LogP contribution in [0.25, 0.3) is 0 Å². The Hall–Kier alpha value is -1.84. The van der Waals surface area contributed by atoms with Gasteiger partial charge >= 0.3 is 5.97 Å². The molecule has 1 aromatic rings. The smallest absolute Gasteiger partial charge is 0.341 e. The van der Waals surface area contributed by atoms with Crippen molar-refractivity contribution in [2.45, 2.75) is 26.7 Å². The van der Waals surface area contributed by atoms with Gasteiger partial charge in [0.05, 0.1) is 13.7 Å². The number of Topliss-reactive ketones (excluding diaryl/α,β-unsaturated/α-hetero) is 1. The Labute approximate surface area is 107 Å². The van der Waals surface area contributed by atoms with Crippen LogP contribution in [0.4, 0.5) is 0 Å². The van der Waals surface area contributed by atoms with Crippen LogP contribution in [0.2, 0.25) is 0 Å². The summed E-state index contributed by atoms with van der Waals surface area (Å²) in [6, 6.07) is 4.80. The van der Waals surface area contributed by atoms with Gasteiger partial charge in [0.1, 0.15) is 11.3 Å². The number of unbranched alkanes of at least 4 members (excludes halogenated alkanes) is 1. The SMILES string of the molecule is CCCCOc1ccc(C(C)=O)cc1C(=O)OC. The number of ether oxygens (including phenoxy) is 2. The van der Waals surface area contributed by atoms with Crippen LogP contribution in [0.3, 0.4) is 0 Å². The van der Waals surface area contributed by atoms with Crippen molar-refractivity contribution < 1.29 is 19.1 Å². The van der Waals surface area contributed by atoms with Crippen LogP contribution >= 0.6 is 0 Å². The molecule has 0 aliphatic rings. The van der Waals surface area contributed by atoms with E-state index in [0.29, 0.717) is 23.5 Å². The Morgan fingerprint density at radius 2 is 2.00 bits per heavy atom. The van der Waals surface area contributed by atoms with Crippen LogP contribution < -0.4 is 4.74 Å². The van der Waals surface area contributed by atoms with E-state index in [1.807, 2.05) is 0 Å². The van der Waals surface area contributed by atoms with Crippen molar-refractivity contribution in [2.75, 3.05) is 13.7 Å². The molecule has 0 aromatic heterocycles.